The lowest BCUT2D eigenvalue weighted by Crippen LogP contribution is -2.50. The molecule has 0 aromatic carbocycles. The monoisotopic (exact) mass is 332 g/mol. The summed E-state index contributed by atoms with van der Waals surface area (Å²) in [4.78, 5) is 1.67. The summed E-state index contributed by atoms with van der Waals surface area (Å²) in [6, 6.07) is 0.302. The van der Waals surface area contributed by atoms with E-state index in [1.807, 2.05) is 0 Å². The SMILES string of the molecule is CCC(C)c1nnc(N2CCOC(C(F)(F)F)C2)n1C1CC1C. The molecule has 0 N–H and O–H groups in total. The van der Waals surface area contributed by atoms with E-state index in [-0.39, 0.29) is 19.1 Å². The van der Waals surface area contributed by atoms with E-state index in [1.165, 1.54) is 0 Å². The van der Waals surface area contributed by atoms with Gasteiger partial charge in [0.1, 0.15) is 5.82 Å². The molecule has 2 fully saturated rings. The van der Waals surface area contributed by atoms with Gasteiger partial charge in [-0.05, 0) is 18.8 Å². The molecule has 2 aliphatic rings. The summed E-state index contributed by atoms with van der Waals surface area (Å²) in [6.07, 6.45) is -4.16. The zero-order chi connectivity index (χ0) is 16.8. The van der Waals surface area contributed by atoms with Gasteiger partial charge in [-0.15, -0.1) is 10.2 Å². The first-order valence-electron chi connectivity index (χ1n) is 8.21. The maximum atomic E-state index is 13.0. The molecular formula is C15H23F3N4O. The average Bonchev–Trinajstić information content (AvgIpc) is 3.07. The highest BCUT2D eigenvalue weighted by Gasteiger charge is 2.45. The van der Waals surface area contributed by atoms with Crippen molar-refractivity contribution in [1.29, 1.82) is 0 Å². The van der Waals surface area contributed by atoms with Gasteiger partial charge in [0, 0.05) is 18.5 Å². The Hall–Kier alpha value is -1.31. The highest BCUT2D eigenvalue weighted by atomic mass is 19.4. The van der Waals surface area contributed by atoms with Gasteiger partial charge in [-0.25, -0.2) is 0 Å². The van der Waals surface area contributed by atoms with Crippen LogP contribution in [0, 0.1) is 5.92 Å². The van der Waals surface area contributed by atoms with Gasteiger partial charge >= 0.3 is 6.18 Å². The third-order valence-corrected chi connectivity index (χ3v) is 4.87. The molecule has 0 bridgehead atoms. The van der Waals surface area contributed by atoms with Crippen LogP contribution in [0.5, 0.6) is 0 Å². The summed E-state index contributed by atoms with van der Waals surface area (Å²) in [5, 5.41) is 8.53. The molecule has 0 amide bonds. The predicted molar refractivity (Wildman–Crippen MR) is 79.6 cm³/mol. The predicted octanol–water partition coefficient (Wildman–Crippen LogP) is 3.14. The number of hydrogen-bond donors (Lipinski definition) is 0. The molecule has 0 radical (unpaired) electrons. The number of aromatic nitrogens is 3. The Kier molecular flexibility index (Phi) is 4.29. The Balaban J connectivity index is 1.89. The van der Waals surface area contributed by atoms with Crippen molar-refractivity contribution >= 4 is 5.95 Å². The fourth-order valence-corrected chi connectivity index (χ4v) is 3.04. The second-order valence-electron chi connectivity index (χ2n) is 6.66. The van der Waals surface area contributed by atoms with Gasteiger partial charge in [-0.1, -0.05) is 20.8 Å². The summed E-state index contributed by atoms with van der Waals surface area (Å²) in [7, 11) is 0. The fraction of sp³-hybridized carbons (Fsp3) is 0.867. The van der Waals surface area contributed by atoms with E-state index in [0.717, 1.165) is 18.7 Å². The minimum Gasteiger partial charge on any atom is -0.365 e. The molecule has 130 valence electrons. The summed E-state index contributed by atoms with van der Waals surface area (Å²) < 4.78 is 45.8. The second-order valence-corrected chi connectivity index (χ2v) is 6.66. The zero-order valence-electron chi connectivity index (χ0n) is 13.7. The van der Waals surface area contributed by atoms with Gasteiger partial charge < -0.3 is 9.64 Å². The number of anilines is 1. The maximum absolute atomic E-state index is 13.0. The second kappa shape index (κ2) is 5.96. The zero-order valence-corrected chi connectivity index (χ0v) is 13.7. The molecule has 1 aliphatic heterocycles. The maximum Gasteiger partial charge on any atom is 0.416 e. The molecule has 0 spiro atoms. The lowest BCUT2D eigenvalue weighted by molar-refractivity contribution is -0.221. The van der Waals surface area contributed by atoms with Gasteiger partial charge in [0.15, 0.2) is 6.10 Å². The molecule has 1 aromatic heterocycles. The van der Waals surface area contributed by atoms with E-state index in [0.29, 0.717) is 24.5 Å². The first-order valence-corrected chi connectivity index (χ1v) is 8.21. The summed E-state index contributed by atoms with van der Waals surface area (Å²) >= 11 is 0. The topological polar surface area (TPSA) is 43.2 Å². The number of hydrogen-bond acceptors (Lipinski definition) is 4. The highest BCUT2D eigenvalue weighted by Crippen LogP contribution is 2.46. The largest absolute Gasteiger partial charge is 0.416 e. The molecule has 5 nitrogen and oxygen atoms in total. The van der Waals surface area contributed by atoms with E-state index in [1.54, 1.807) is 4.90 Å². The number of rotatable bonds is 4. The van der Waals surface area contributed by atoms with E-state index in [2.05, 4.69) is 35.5 Å². The van der Waals surface area contributed by atoms with Crippen LogP contribution in [0.1, 0.15) is 51.4 Å². The van der Waals surface area contributed by atoms with E-state index in [9.17, 15) is 13.2 Å². The van der Waals surface area contributed by atoms with Crippen molar-refractivity contribution in [2.75, 3.05) is 24.6 Å². The van der Waals surface area contributed by atoms with Gasteiger partial charge in [0.2, 0.25) is 5.95 Å². The van der Waals surface area contributed by atoms with E-state index >= 15 is 0 Å². The van der Waals surface area contributed by atoms with Crippen LogP contribution in [0.3, 0.4) is 0 Å². The summed E-state index contributed by atoms with van der Waals surface area (Å²) in [5.41, 5.74) is 0. The molecular weight excluding hydrogens is 309 g/mol. The first-order chi connectivity index (χ1) is 10.8. The van der Waals surface area contributed by atoms with E-state index < -0.39 is 12.3 Å². The van der Waals surface area contributed by atoms with Crippen LogP contribution in [-0.2, 0) is 4.74 Å². The number of nitrogens with zero attached hydrogens (tertiary/aromatic N) is 4. The summed E-state index contributed by atoms with van der Waals surface area (Å²) in [6.45, 7) is 6.54. The van der Waals surface area contributed by atoms with Gasteiger partial charge in [-0.2, -0.15) is 13.2 Å². The molecule has 1 saturated carbocycles. The van der Waals surface area contributed by atoms with Crippen LogP contribution in [0.4, 0.5) is 19.1 Å². The van der Waals surface area contributed by atoms with Crippen molar-refractivity contribution in [2.24, 2.45) is 5.92 Å². The van der Waals surface area contributed by atoms with Crippen molar-refractivity contribution in [1.82, 2.24) is 14.8 Å². The standard InChI is InChI=1S/C15H23F3N4O/c1-4-9(2)13-19-20-14(22(13)11-7-10(11)3)21-5-6-23-12(8-21)15(16,17)18/h9-12H,4-8H2,1-3H3. The Morgan fingerprint density at radius 2 is 2.04 bits per heavy atom. The molecule has 8 heteroatoms. The van der Waals surface area contributed by atoms with Gasteiger partial charge in [-0.3, -0.25) is 4.57 Å². The van der Waals surface area contributed by atoms with Crippen LogP contribution < -0.4 is 4.90 Å². The Morgan fingerprint density at radius 3 is 2.61 bits per heavy atom. The number of morpholine rings is 1. The number of ether oxygens (including phenoxy) is 1. The van der Waals surface area contributed by atoms with Crippen molar-refractivity contribution in [3.63, 3.8) is 0 Å². The molecule has 1 saturated heterocycles. The van der Waals surface area contributed by atoms with Crippen LogP contribution in [0.15, 0.2) is 0 Å². The van der Waals surface area contributed by atoms with Crippen molar-refractivity contribution in [2.45, 2.75) is 57.9 Å². The Bertz CT molecular complexity index is 559. The molecule has 1 aliphatic carbocycles. The third kappa shape index (κ3) is 3.18. The van der Waals surface area contributed by atoms with Crippen LogP contribution in [-0.4, -0.2) is 46.7 Å². The van der Waals surface area contributed by atoms with Crippen LogP contribution in [0.25, 0.3) is 0 Å². The number of halogens is 3. The molecule has 4 atom stereocenters. The fourth-order valence-electron chi connectivity index (χ4n) is 3.04. The lowest BCUT2D eigenvalue weighted by atomic mass is 10.1. The summed E-state index contributed by atoms with van der Waals surface area (Å²) in [5.74, 6) is 2.20. The van der Waals surface area contributed by atoms with Gasteiger partial charge in [0.05, 0.1) is 13.2 Å². The number of alkyl halides is 3. The minimum atomic E-state index is -4.35. The van der Waals surface area contributed by atoms with Crippen molar-refractivity contribution in [3.8, 4) is 0 Å². The molecule has 23 heavy (non-hydrogen) atoms. The smallest absolute Gasteiger partial charge is 0.365 e. The molecule has 1 aromatic rings. The van der Waals surface area contributed by atoms with Crippen molar-refractivity contribution in [3.05, 3.63) is 5.82 Å². The molecule has 4 unspecified atom stereocenters. The molecule has 2 heterocycles. The van der Waals surface area contributed by atoms with Crippen LogP contribution in [0.2, 0.25) is 0 Å². The first kappa shape index (κ1) is 16.5. The van der Waals surface area contributed by atoms with Crippen LogP contribution >= 0.6 is 0 Å². The van der Waals surface area contributed by atoms with E-state index in [4.69, 9.17) is 4.74 Å². The molecule has 3 rings (SSSR count). The lowest BCUT2D eigenvalue weighted by Gasteiger charge is -2.34. The Morgan fingerprint density at radius 1 is 1.35 bits per heavy atom. The quantitative estimate of drug-likeness (QED) is 0.850. The van der Waals surface area contributed by atoms with Crippen molar-refractivity contribution < 1.29 is 17.9 Å². The highest BCUT2D eigenvalue weighted by molar-refractivity contribution is 5.35. The van der Waals surface area contributed by atoms with Gasteiger partial charge in [0.25, 0.3) is 0 Å². The normalized spacial score (nSPS) is 29.7. The Labute approximate surface area is 133 Å². The minimum absolute atomic E-state index is 0.0515. The third-order valence-electron chi connectivity index (χ3n) is 4.87. The average molecular weight is 332 g/mol.